The average molecular weight is 457 g/mol. The monoisotopic (exact) mass is 456 g/mol. The summed E-state index contributed by atoms with van der Waals surface area (Å²) < 4.78 is 12.3. The molecule has 2 aromatic carbocycles. The van der Waals surface area contributed by atoms with E-state index in [1.807, 2.05) is 60.7 Å². The van der Waals surface area contributed by atoms with Crippen molar-refractivity contribution in [1.82, 2.24) is 0 Å². The van der Waals surface area contributed by atoms with E-state index in [2.05, 4.69) is 22.9 Å². The molecule has 0 saturated heterocycles. The van der Waals surface area contributed by atoms with Gasteiger partial charge >= 0.3 is 0 Å². The van der Waals surface area contributed by atoms with E-state index in [-0.39, 0.29) is 5.78 Å². The highest BCUT2D eigenvalue weighted by molar-refractivity contribution is 9.10. The lowest BCUT2D eigenvalue weighted by Gasteiger charge is -2.11. The Hall–Kier alpha value is -2.37. The van der Waals surface area contributed by atoms with Gasteiger partial charge in [0.25, 0.3) is 0 Å². The van der Waals surface area contributed by atoms with Crippen LogP contribution in [0.2, 0.25) is 0 Å². The van der Waals surface area contributed by atoms with Crippen LogP contribution in [0.4, 0.5) is 0 Å². The molecule has 0 atom stereocenters. The van der Waals surface area contributed by atoms with E-state index in [1.54, 1.807) is 24.5 Å². The van der Waals surface area contributed by atoms with Gasteiger partial charge in [0.1, 0.15) is 18.1 Å². The fourth-order valence-corrected chi connectivity index (χ4v) is 3.79. The van der Waals surface area contributed by atoms with Gasteiger partial charge in [-0.15, -0.1) is 11.3 Å². The van der Waals surface area contributed by atoms with Crippen LogP contribution < -0.4 is 9.47 Å². The van der Waals surface area contributed by atoms with Crippen molar-refractivity contribution < 1.29 is 14.3 Å². The molecule has 0 fully saturated rings. The van der Waals surface area contributed by atoms with Crippen molar-refractivity contribution in [2.45, 2.75) is 20.0 Å². The van der Waals surface area contributed by atoms with E-state index >= 15 is 0 Å². The Labute approximate surface area is 177 Å². The zero-order valence-electron chi connectivity index (χ0n) is 15.8. The van der Waals surface area contributed by atoms with Crippen molar-refractivity contribution in [3.63, 3.8) is 0 Å². The second kappa shape index (κ2) is 9.71. The molecule has 3 aromatic rings. The molecular formula is C23H21BrO3S. The molecule has 0 spiro atoms. The first-order valence-electron chi connectivity index (χ1n) is 8.95. The molecule has 144 valence electrons. The van der Waals surface area contributed by atoms with Gasteiger partial charge < -0.3 is 9.47 Å². The molecule has 5 heteroatoms. The number of hydrogen-bond donors (Lipinski definition) is 0. The first-order chi connectivity index (χ1) is 13.6. The van der Waals surface area contributed by atoms with Crippen molar-refractivity contribution in [3.8, 4) is 11.5 Å². The number of allylic oxidation sites excluding steroid dienone is 1. The smallest absolute Gasteiger partial charge is 0.195 e. The SMILES string of the molecule is CCc1ccc(C(=O)/C=C/c2ccc(OC)c(COc3ccc(Br)cc3)c2)s1. The number of rotatable bonds is 8. The number of ketones is 1. The molecule has 0 aliphatic carbocycles. The Balaban J connectivity index is 1.72. The molecule has 0 bridgehead atoms. The molecule has 0 unspecified atom stereocenters. The molecule has 0 saturated carbocycles. The van der Waals surface area contributed by atoms with Crippen LogP contribution in [0.1, 0.15) is 32.6 Å². The number of thiophene rings is 1. The molecule has 28 heavy (non-hydrogen) atoms. The van der Waals surface area contributed by atoms with Crippen molar-refractivity contribution in [1.29, 1.82) is 0 Å². The first-order valence-corrected chi connectivity index (χ1v) is 10.6. The van der Waals surface area contributed by atoms with E-state index in [1.165, 1.54) is 4.88 Å². The molecule has 0 amide bonds. The van der Waals surface area contributed by atoms with E-state index in [0.717, 1.165) is 38.4 Å². The second-order valence-corrected chi connectivity index (χ2v) is 8.21. The van der Waals surface area contributed by atoms with Gasteiger partial charge in [0.05, 0.1) is 12.0 Å². The van der Waals surface area contributed by atoms with E-state index < -0.39 is 0 Å². The van der Waals surface area contributed by atoms with Gasteiger partial charge in [-0.25, -0.2) is 0 Å². The summed E-state index contributed by atoms with van der Waals surface area (Å²) in [7, 11) is 1.64. The quantitative estimate of drug-likeness (QED) is 0.284. The molecule has 0 radical (unpaired) electrons. The molecule has 3 nitrogen and oxygen atoms in total. The Morgan fingerprint density at radius 2 is 1.89 bits per heavy atom. The van der Waals surface area contributed by atoms with Gasteiger partial charge in [-0.3, -0.25) is 4.79 Å². The summed E-state index contributed by atoms with van der Waals surface area (Å²) in [6.45, 7) is 2.47. The highest BCUT2D eigenvalue weighted by Crippen LogP contribution is 2.24. The fourth-order valence-electron chi connectivity index (χ4n) is 2.66. The maximum Gasteiger partial charge on any atom is 0.195 e. The van der Waals surface area contributed by atoms with Gasteiger partial charge in [0.15, 0.2) is 5.78 Å². The summed E-state index contributed by atoms with van der Waals surface area (Å²) in [6, 6.07) is 17.4. The highest BCUT2D eigenvalue weighted by Gasteiger charge is 2.07. The van der Waals surface area contributed by atoms with Crippen LogP contribution in [0, 0.1) is 0 Å². The Bertz CT molecular complexity index is 974. The van der Waals surface area contributed by atoms with Crippen molar-refractivity contribution in [2.24, 2.45) is 0 Å². The van der Waals surface area contributed by atoms with Gasteiger partial charge in [0, 0.05) is 14.9 Å². The molecule has 1 aromatic heterocycles. The van der Waals surface area contributed by atoms with E-state index in [4.69, 9.17) is 9.47 Å². The maximum absolute atomic E-state index is 12.4. The van der Waals surface area contributed by atoms with Crippen LogP contribution in [0.3, 0.4) is 0 Å². The van der Waals surface area contributed by atoms with Gasteiger partial charge in [-0.05, 0) is 66.6 Å². The zero-order valence-corrected chi connectivity index (χ0v) is 18.2. The minimum Gasteiger partial charge on any atom is -0.496 e. The van der Waals surface area contributed by atoms with Gasteiger partial charge in [-0.2, -0.15) is 0 Å². The maximum atomic E-state index is 12.4. The Kier molecular flexibility index (Phi) is 7.06. The molecular weight excluding hydrogens is 436 g/mol. The van der Waals surface area contributed by atoms with Crippen molar-refractivity contribution in [2.75, 3.05) is 7.11 Å². The topological polar surface area (TPSA) is 35.5 Å². The Morgan fingerprint density at radius 3 is 2.57 bits per heavy atom. The average Bonchev–Trinajstić information content (AvgIpc) is 3.21. The van der Waals surface area contributed by atoms with Crippen LogP contribution in [0.5, 0.6) is 11.5 Å². The fraction of sp³-hybridized carbons (Fsp3) is 0.174. The molecule has 0 aliphatic rings. The zero-order chi connectivity index (χ0) is 19.9. The van der Waals surface area contributed by atoms with E-state index in [9.17, 15) is 4.79 Å². The lowest BCUT2D eigenvalue weighted by Crippen LogP contribution is -1.99. The number of ether oxygens (including phenoxy) is 2. The number of carbonyl (C=O) groups is 1. The summed E-state index contributed by atoms with van der Waals surface area (Å²) in [5.41, 5.74) is 1.85. The predicted molar refractivity (Wildman–Crippen MR) is 119 cm³/mol. The number of aryl methyl sites for hydroxylation is 1. The summed E-state index contributed by atoms with van der Waals surface area (Å²) >= 11 is 4.96. The van der Waals surface area contributed by atoms with Crippen LogP contribution in [0.15, 0.2) is 65.1 Å². The first kappa shape index (κ1) is 20.4. The van der Waals surface area contributed by atoms with Crippen LogP contribution in [-0.4, -0.2) is 12.9 Å². The lowest BCUT2D eigenvalue weighted by molar-refractivity contribution is 0.105. The van der Waals surface area contributed by atoms with Crippen molar-refractivity contribution in [3.05, 3.63) is 86.0 Å². The third-order valence-corrected chi connectivity index (χ3v) is 5.97. The molecule has 1 heterocycles. The van der Waals surface area contributed by atoms with Gasteiger partial charge in [-0.1, -0.05) is 35.0 Å². The highest BCUT2D eigenvalue weighted by atomic mass is 79.9. The summed E-state index contributed by atoms with van der Waals surface area (Å²) in [5, 5.41) is 0. The summed E-state index contributed by atoms with van der Waals surface area (Å²) in [6.07, 6.45) is 4.39. The third kappa shape index (κ3) is 5.33. The van der Waals surface area contributed by atoms with Crippen LogP contribution >= 0.6 is 27.3 Å². The third-order valence-electron chi connectivity index (χ3n) is 4.19. The summed E-state index contributed by atoms with van der Waals surface area (Å²) in [4.78, 5) is 14.3. The van der Waals surface area contributed by atoms with Crippen molar-refractivity contribution >= 4 is 39.1 Å². The minimum absolute atomic E-state index is 0.0215. The van der Waals surface area contributed by atoms with Crippen LogP contribution in [0.25, 0.3) is 6.08 Å². The van der Waals surface area contributed by atoms with E-state index in [0.29, 0.717) is 6.61 Å². The lowest BCUT2D eigenvalue weighted by atomic mass is 10.1. The largest absolute Gasteiger partial charge is 0.496 e. The predicted octanol–water partition coefficient (Wildman–Crippen LogP) is 6.56. The number of methoxy groups -OCH3 is 1. The number of carbonyl (C=O) groups excluding carboxylic acids is 1. The number of benzene rings is 2. The standard InChI is InChI=1S/C23H21BrO3S/c1-3-20-10-13-23(28-20)21(25)11-4-16-5-12-22(26-2)17(14-16)15-27-19-8-6-18(24)7-9-19/h4-14H,3,15H2,1-2H3/b11-4+. The second-order valence-electron chi connectivity index (χ2n) is 6.13. The molecule has 0 aliphatic heterocycles. The minimum atomic E-state index is 0.0215. The summed E-state index contributed by atoms with van der Waals surface area (Å²) in [5.74, 6) is 1.56. The Morgan fingerprint density at radius 1 is 1.11 bits per heavy atom. The molecule has 3 rings (SSSR count). The number of halogens is 1. The van der Waals surface area contributed by atoms with Crippen LogP contribution in [-0.2, 0) is 13.0 Å². The molecule has 0 N–H and O–H groups in total. The number of hydrogen-bond acceptors (Lipinski definition) is 4. The van der Waals surface area contributed by atoms with Gasteiger partial charge in [0.2, 0.25) is 0 Å². The normalized spacial score (nSPS) is 11.0.